The first kappa shape index (κ1) is 22.5. The minimum absolute atomic E-state index is 0.0332. The third-order valence-corrected chi connectivity index (χ3v) is 5.11. The SMILES string of the molecule is COc1ccc(NC(=O)N2CCC(Oc3ccc(NC(=O)N(C)C)cn3)CC2)cc1Cl. The highest BCUT2D eigenvalue weighted by Gasteiger charge is 2.24. The van der Waals surface area contributed by atoms with E-state index in [9.17, 15) is 9.59 Å². The molecular weight excluding hydrogens is 422 g/mol. The molecular formula is C21H26ClN5O4. The summed E-state index contributed by atoms with van der Waals surface area (Å²) >= 11 is 6.11. The molecule has 1 aromatic heterocycles. The molecule has 166 valence electrons. The van der Waals surface area contributed by atoms with Gasteiger partial charge in [0.2, 0.25) is 5.88 Å². The molecule has 0 saturated carbocycles. The second-order valence-electron chi connectivity index (χ2n) is 7.29. The van der Waals surface area contributed by atoms with Crippen LogP contribution in [0.1, 0.15) is 12.8 Å². The molecule has 2 aromatic rings. The molecule has 1 aliphatic heterocycles. The summed E-state index contributed by atoms with van der Waals surface area (Å²) in [6.07, 6.45) is 2.91. The smallest absolute Gasteiger partial charge is 0.321 e. The van der Waals surface area contributed by atoms with Crippen molar-refractivity contribution in [3.63, 3.8) is 0 Å². The summed E-state index contributed by atoms with van der Waals surface area (Å²) < 4.78 is 11.0. The van der Waals surface area contributed by atoms with Crippen molar-refractivity contribution < 1.29 is 19.1 Å². The number of nitrogens with one attached hydrogen (secondary N) is 2. The van der Waals surface area contributed by atoms with Crippen molar-refractivity contribution in [2.45, 2.75) is 18.9 Å². The van der Waals surface area contributed by atoms with Crippen molar-refractivity contribution in [2.24, 2.45) is 0 Å². The van der Waals surface area contributed by atoms with Crippen LogP contribution in [-0.4, -0.2) is 67.2 Å². The first-order chi connectivity index (χ1) is 14.9. The number of benzene rings is 1. The van der Waals surface area contributed by atoms with Crippen molar-refractivity contribution in [1.29, 1.82) is 0 Å². The van der Waals surface area contributed by atoms with Gasteiger partial charge in [0, 0.05) is 51.8 Å². The molecule has 4 amide bonds. The van der Waals surface area contributed by atoms with Gasteiger partial charge in [0.25, 0.3) is 0 Å². The van der Waals surface area contributed by atoms with E-state index in [1.165, 1.54) is 4.90 Å². The molecule has 2 heterocycles. The quantitative estimate of drug-likeness (QED) is 0.724. The molecule has 10 heteroatoms. The van der Waals surface area contributed by atoms with Crippen LogP contribution in [0.25, 0.3) is 0 Å². The van der Waals surface area contributed by atoms with Gasteiger partial charge in [-0.2, -0.15) is 0 Å². The number of likely N-dealkylation sites (tertiary alicyclic amines) is 1. The van der Waals surface area contributed by atoms with E-state index in [0.717, 1.165) is 0 Å². The summed E-state index contributed by atoms with van der Waals surface area (Å²) in [6, 6.07) is 8.17. The van der Waals surface area contributed by atoms with E-state index in [0.29, 0.717) is 54.0 Å². The van der Waals surface area contributed by atoms with Crippen LogP contribution in [0.2, 0.25) is 5.02 Å². The maximum absolute atomic E-state index is 12.5. The van der Waals surface area contributed by atoms with Gasteiger partial charge in [-0.25, -0.2) is 14.6 Å². The molecule has 0 aliphatic carbocycles. The number of piperidine rings is 1. The number of anilines is 2. The zero-order valence-corrected chi connectivity index (χ0v) is 18.5. The van der Waals surface area contributed by atoms with Crippen LogP contribution in [0.15, 0.2) is 36.5 Å². The Morgan fingerprint density at radius 2 is 1.84 bits per heavy atom. The van der Waals surface area contributed by atoms with E-state index < -0.39 is 0 Å². The Hall–Kier alpha value is -3.20. The fourth-order valence-corrected chi connectivity index (χ4v) is 3.31. The summed E-state index contributed by atoms with van der Waals surface area (Å²) in [4.78, 5) is 31.6. The molecule has 9 nitrogen and oxygen atoms in total. The van der Waals surface area contributed by atoms with Gasteiger partial charge in [-0.1, -0.05) is 11.6 Å². The Bertz CT molecular complexity index is 914. The number of urea groups is 2. The monoisotopic (exact) mass is 447 g/mol. The Morgan fingerprint density at radius 3 is 2.42 bits per heavy atom. The lowest BCUT2D eigenvalue weighted by molar-refractivity contribution is 0.111. The summed E-state index contributed by atoms with van der Waals surface area (Å²) in [7, 11) is 4.87. The lowest BCUT2D eigenvalue weighted by atomic mass is 10.1. The van der Waals surface area contributed by atoms with Crippen LogP contribution >= 0.6 is 11.6 Å². The summed E-state index contributed by atoms with van der Waals surface area (Å²) in [5, 5.41) is 6.01. The molecule has 31 heavy (non-hydrogen) atoms. The van der Waals surface area contributed by atoms with Crippen molar-refractivity contribution in [1.82, 2.24) is 14.8 Å². The first-order valence-corrected chi connectivity index (χ1v) is 10.2. The highest BCUT2D eigenvalue weighted by atomic mass is 35.5. The average molecular weight is 448 g/mol. The van der Waals surface area contributed by atoms with E-state index in [-0.39, 0.29) is 18.2 Å². The second kappa shape index (κ2) is 10.2. The summed E-state index contributed by atoms with van der Waals surface area (Å²) in [5.41, 5.74) is 1.20. The van der Waals surface area contributed by atoms with Crippen LogP contribution in [0, 0.1) is 0 Å². The van der Waals surface area contributed by atoms with E-state index in [1.54, 1.807) is 62.6 Å². The van der Waals surface area contributed by atoms with Gasteiger partial charge < -0.3 is 29.9 Å². The Kier molecular flexibility index (Phi) is 7.41. The number of methoxy groups -OCH3 is 1. The zero-order chi connectivity index (χ0) is 22.4. The number of nitrogens with zero attached hydrogens (tertiary/aromatic N) is 3. The lowest BCUT2D eigenvalue weighted by Crippen LogP contribution is -2.43. The molecule has 0 radical (unpaired) electrons. The van der Waals surface area contributed by atoms with E-state index in [2.05, 4.69) is 15.6 Å². The zero-order valence-electron chi connectivity index (χ0n) is 17.7. The molecule has 0 spiro atoms. The van der Waals surface area contributed by atoms with Crippen LogP contribution < -0.4 is 20.1 Å². The molecule has 1 fully saturated rings. The van der Waals surface area contributed by atoms with Gasteiger partial charge in [-0.3, -0.25) is 0 Å². The van der Waals surface area contributed by atoms with E-state index >= 15 is 0 Å². The van der Waals surface area contributed by atoms with Crippen molar-refractivity contribution >= 4 is 35.0 Å². The van der Waals surface area contributed by atoms with Crippen LogP contribution in [-0.2, 0) is 0 Å². The topological polar surface area (TPSA) is 96.0 Å². The number of carbonyl (C=O) groups is 2. The van der Waals surface area contributed by atoms with Crippen LogP contribution in [0.4, 0.5) is 21.0 Å². The van der Waals surface area contributed by atoms with E-state index in [4.69, 9.17) is 21.1 Å². The van der Waals surface area contributed by atoms with Gasteiger partial charge in [0.05, 0.1) is 24.0 Å². The molecule has 1 aliphatic rings. The van der Waals surface area contributed by atoms with Crippen molar-refractivity contribution in [3.05, 3.63) is 41.6 Å². The second-order valence-corrected chi connectivity index (χ2v) is 7.70. The molecule has 0 atom stereocenters. The number of amides is 4. The van der Waals surface area contributed by atoms with Gasteiger partial charge in [0.1, 0.15) is 11.9 Å². The molecule has 0 unspecified atom stereocenters. The molecule has 1 aromatic carbocycles. The number of ether oxygens (including phenoxy) is 2. The highest BCUT2D eigenvalue weighted by Crippen LogP contribution is 2.27. The summed E-state index contributed by atoms with van der Waals surface area (Å²) in [5.74, 6) is 1.04. The van der Waals surface area contributed by atoms with Crippen LogP contribution in [0.3, 0.4) is 0 Å². The van der Waals surface area contributed by atoms with Gasteiger partial charge in [-0.05, 0) is 24.3 Å². The number of halogens is 1. The van der Waals surface area contributed by atoms with Gasteiger partial charge in [-0.15, -0.1) is 0 Å². The fourth-order valence-electron chi connectivity index (χ4n) is 3.05. The van der Waals surface area contributed by atoms with Gasteiger partial charge in [0.15, 0.2) is 0 Å². The highest BCUT2D eigenvalue weighted by molar-refractivity contribution is 6.32. The number of hydrogen-bond donors (Lipinski definition) is 2. The normalized spacial score (nSPS) is 14.0. The predicted octanol–water partition coefficient (Wildman–Crippen LogP) is 3.91. The Balaban J connectivity index is 1.46. The number of hydrogen-bond acceptors (Lipinski definition) is 5. The standard InChI is InChI=1S/C21H26ClN5O4/c1-26(2)20(28)25-15-5-7-19(23-13-15)31-16-8-10-27(11-9-16)21(29)24-14-4-6-18(30-3)17(22)12-14/h4-7,12-13,16H,8-11H2,1-3H3,(H,24,29)(H,25,28). The summed E-state index contributed by atoms with van der Waals surface area (Å²) in [6.45, 7) is 1.13. The average Bonchev–Trinajstić information content (AvgIpc) is 2.75. The Labute approximate surface area is 186 Å². The third kappa shape index (κ3) is 6.14. The first-order valence-electron chi connectivity index (χ1n) is 9.86. The number of rotatable bonds is 5. The minimum Gasteiger partial charge on any atom is -0.495 e. The number of pyridine rings is 1. The van der Waals surface area contributed by atoms with E-state index in [1.807, 2.05) is 0 Å². The fraction of sp³-hybridized carbons (Fsp3) is 0.381. The molecule has 0 bridgehead atoms. The maximum atomic E-state index is 12.5. The van der Waals surface area contributed by atoms with Crippen molar-refractivity contribution in [3.8, 4) is 11.6 Å². The number of aromatic nitrogens is 1. The Morgan fingerprint density at radius 1 is 1.13 bits per heavy atom. The van der Waals surface area contributed by atoms with Crippen LogP contribution in [0.5, 0.6) is 11.6 Å². The third-order valence-electron chi connectivity index (χ3n) is 4.81. The lowest BCUT2D eigenvalue weighted by Gasteiger charge is -2.32. The minimum atomic E-state index is -0.224. The largest absolute Gasteiger partial charge is 0.495 e. The maximum Gasteiger partial charge on any atom is 0.321 e. The van der Waals surface area contributed by atoms with Crippen molar-refractivity contribution in [2.75, 3.05) is 44.9 Å². The molecule has 1 saturated heterocycles. The predicted molar refractivity (Wildman–Crippen MR) is 119 cm³/mol. The van der Waals surface area contributed by atoms with Gasteiger partial charge >= 0.3 is 12.1 Å². The molecule has 3 rings (SSSR count). The molecule has 2 N–H and O–H groups in total. The number of carbonyl (C=O) groups excluding carboxylic acids is 2.